The third-order valence-electron chi connectivity index (χ3n) is 3.67. The van der Waals surface area contributed by atoms with Crippen LogP contribution in [0.5, 0.6) is 0 Å². The molecule has 0 saturated carbocycles. The standard InChI is InChI=1S/C18H19F2NO4S/c1-26(23,24)25-10-9-14(13-7-8-16(19)17(20)11-13)12-18(22)21-15-5-3-2-4-6-15/h2-8,11,14H,9-10,12H2,1H3,(H,21,22). The molecule has 0 spiro atoms. The predicted octanol–water partition coefficient (Wildman–Crippen LogP) is 3.44. The molecule has 0 saturated heterocycles. The molecule has 2 aromatic carbocycles. The van der Waals surface area contributed by atoms with E-state index in [1.165, 1.54) is 6.07 Å². The summed E-state index contributed by atoms with van der Waals surface area (Å²) in [5, 5.41) is 2.71. The van der Waals surface area contributed by atoms with Crippen molar-refractivity contribution >= 4 is 21.7 Å². The first-order valence-corrected chi connectivity index (χ1v) is 9.70. The molecule has 0 fully saturated rings. The van der Waals surface area contributed by atoms with Gasteiger partial charge in [0, 0.05) is 12.1 Å². The number of benzene rings is 2. The predicted molar refractivity (Wildman–Crippen MR) is 94.2 cm³/mol. The number of carbonyl (C=O) groups excluding carboxylic acids is 1. The normalized spacial score (nSPS) is 12.6. The molecule has 2 aromatic rings. The van der Waals surface area contributed by atoms with Crippen LogP contribution < -0.4 is 5.32 Å². The maximum atomic E-state index is 13.5. The number of halogens is 2. The molecule has 2 rings (SSSR count). The van der Waals surface area contributed by atoms with Gasteiger partial charge in [-0.3, -0.25) is 8.98 Å². The maximum Gasteiger partial charge on any atom is 0.264 e. The molecule has 26 heavy (non-hydrogen) atoms. The highest BCUT2D eigenvalue weighted by Crippen LogP contribution is 2.26. The second-order valence-corrected chi connectivity index (χ2v) is 7.45. The molecule has 0 aliphatic carbocycles. The first-order chi connectivity index (χ1) is 12.2. The molecule has 0 heterocycles. The van der Waals surface area contributed by atoms with Gasteiger partial charge in [-0.15, -0.1) is 0 Å². The lowest BCUT2D eigenvalue weighted by Crippen LogP contribution is -2.17. The Balaban J connectivity index is 2.11. The van der Waals surface area contributed by atoms with Gasteiger partial charge < -0.3 is 5.32 Å². The van der Waals surface area contributed by atoms with Gasteiger partial charge >= 0.3 is 0 Å². The third-order valence-corrected chi connectivity index (χ3v) is 4.26. The zero-order valence-corrected chi connectivity index (χ0v) is 14.9. The fourth-order valence-electron chi connectivity index (χ4n) is 2.45. The van der Waals surface area contributed by atoms with E-state index in [1.807, 2.05) is 6.07 Å². The fourth-order valence-corrected chi connectivity index (χ4v) is 2.85. The highest BCUT2D eigenvalue weighted by atomic mass is 32.2. The quantitative estimate of drug-likeness (QED) is 0.709. The van der Waals surface area contributed by atoms with Crippen LogP contribution in [0.15, 0.2) is 48.5 Å². The third kappa shape index (κ3) is 6.53. The second kappa shape index (κ2) is 8.86. The highest BCUT2D eigenvalue weighted by Gasteiger charge is 2.19. The van der Waals surface area contributed by atoms with Gasteiger partial charge in [-0.2, -0.15) is 8.42 Å². The Morgan fingerprint density at radius 3 is 2.42 bits per heavy atom. The van der Waals surface area contributed by atoms with Crippen LogP contribution in [0.4, 0.5) is 14.5 Å². The summed E-state index contributed by atoms with van der Waals surface area (Å²) in [6, 6.07) is 12.1. The minimum absolute atomic E-state index is 0.0346. The van der Waals surface area contributed by atoms with Gasteiger partial charge in [-0.25, -0.2) is 8.78 Å². The van der Waals surface area contributed by atoms with Gasteiger partial charge in [0.15, 0.2) is 11.6 Å². The van der Waals surface area contributed by atoms with Crippen molar-refractivity contribution in [2.45, 2.75) is 18.8 Å². The molecule has 1 atom stereocenters. The highest BCUT2D eigenvalue weighted by molar-refractivity contribution is 7.85. The van der Waals surface area contributed by atoms with Gasteiger partial charge in [0.25, 0.3) is 10.1 Å². The molecule has 0 bridgehead atoms. The maximum absolute atomic E-state index is 13.5. The molecule has 140 valence electrons. The van der Waals surface area contributed by atoms with Gasteiger partial charge in [0.05, 0.1) is 12.9 Å². The van der Waals surface area contributed by atoms with E-state index in [4.69, 9.17) is 4.18 Å². The van der Waals surface area contributed by atoms with Crippen LogP contribution in [0.25, 0.3) is 0 Å². The minimum atomic E-state index is -3.63. The number of anilines is 1. The van der Waals surface area contributed by atoms with Crippen molar-refractivity contribution in [1.29, 1.82) is 0 Å². The molecular weight excluding hydrogens is 364 g/mol. The summed E-state index contributed by atoms with van der Waals surface area (Å²) in [6.45, 7) is -0.166. The summed E-state index contributed by atoms with van der Waals surface area (Å²) in [4.78, 5) is 12.3. The number of carbonyl (C=O) groups is 1. The Morgan fingerprint density at radius 1 is 1.12 bits per heavy atom. The van der Waals surface area contributed by atoms with Gasteiger partial charge in [-0.1, -0.05) is 24.3 Å². The average Bonchev–Trinajstić information content (AvgIpc) is 2.56. The molecule has 1 unspecified atom stereocenters. The van der Waals surface area contributed by atoms with Crippen molar-refractivity contribution in [3.05, 3.63) is 65.7 Å². The summed E-state index contributed by atoms with van der Waals surface area (Å²) in [6.07, 6.45) is 1.04. The molecule has 0 radical (unpaired) electrons. The summed E-state index contributed by atoms with van der Waals surface area (Å²) in [5.74, 6) is -2.88. The van der Waals surface area contributed by atoms with E-state index in [1.54, 1.807) is 24.3 Å². The van der Waals surface area contributed by atoms with Crippen LogP contribution in [0.1, 0.15) is 24.3 Å². The first kappa shape index (κ1) is 20.0. The van der Waals surface area contributed by atoms with E-state index in [-0.39, 0.29) is 25.4 Å². The average molecular weight is 383 g/mol. The van der Waals surface area contributed by atoms with Crippen LogP contribution >= 0.6 is 0 Å². The number of hydrogen-bond acceptors (Lipinski definition) is 4. The monoisotopic (exact) mass is 383 g/mol. The summed E-state index contributed by atoms with van der Waals surface area (Å²) in [5.41, 5.74) is 0.998. The zero-order chi connectivity index (χ0) is 19.2. The summed E-state index contributed by atoms with van der Waals surface area (Å²) >= 11 is 0. The van der Waals surface area contributed by atoms with Crippen LogP contribution in [-0.2, 0) is 19.1 Å². The van der Waals surface area contributed by atoms with Crippen molar-refractivity contribution in [3.63, 3.8) is 0 Å². The van der Waals surface area contributed by atoms with Crippen LogP contribution in [0, 0.1) is 11.6 Å². The topological polar surface area (TPSA) is 72.5 Å². The summed E-state index contributed by atoms with van der Waals surface area (Å²) < 4.78 is 53.6. The first-order valence-electron chi connectivity index (χ1n) is 7.89. The lowest BCUT2D eigenvalue weighted by atomic mass is 9.92. The van der Waals surface area contributed by atoms with Gasteiger partial charge in [0.1, 0.15) is 0 Å². The lowest BCUT2D eigenvalue weighted by molar-refractivity contribution is -0.116. The number of para-hydroxylation sites is 1. The Hall–Kier alpha value is -2.32. The van der Waals surface area contributed by atoms with E-state index in [0.717, 1.165) is 18.4 Å². The van der Waals surface area contributed by atoms with E-state index in [0.29, 0.717) is 11.3 Å². The van der Waals surface area contributed by atoms with E-state index < -0.39 is 27.7 Å². The van der Waals surface area contributed by atoms with Crippen molar-refractivity contribution in [1.82, 2.24) is 0 Å². The second-order valence-electron chi connectivity index (χ2n) is 5.80. The largest absolute Gasteiger partial charge is 0.326 e. The number of nitrogens with one attached hydrogen (secondary N) is 1. The number of hydrogen-bond donors (Lipinski definition) is 1. The van der Waals surface area contributed by atoms with Crippen molar-refractivity contribution < 1.29 is 26.2 Å². The van der Waals surface area contributed by atoms with Crippen molar-refractivity contribution in [2.75, 3.05) is 18.2 Å². The molecule has 1 amide bonds. The Kier molecular flexibility index (Phi) is 6.82. The smallest absolute Gasteiger partial charge is 0.264 e. The van der Waals surface area contributed by atoms with Crippen LogP contribution in [0.3, 0.4) is 0 Å². The van der Waals surface area contributed by atoms with Crippen LogP contribution in [0.2, 0.25) is 0 Å². The van der Waals surface area contributed by atoms with Crippen LogP contribution in [-0.4, -0.2) is 27.2 Å². The molecule has 5 nitrogen and oxygen atoms in total. The molecule has 1 N–H and O–H groups in total. The summed E-state index contributed by atoms with van der Waals surface area (Å²) in [7, 11) is -3.63. The number of rotatable bonds is 8. The Morgan fingerprint density at radius 2 is 1.81 bits per heavy atom. The molecule has 0 aliphatic heterocycles. The van der Waals surface area contributed by atoms with E-state index in [9.17, 15) is 22.0 Å². The Labute approximate surface area is 151 Å². The van der Waals surface area contributed by atoms with Crippen molar-refractivity contribution in [3.8, 4) is 0 Å². The van der Waals surface area contributed by atoms with E-state index in [2.05, 4.69) is 5.32 Å². The Bertz CT molecular complexity index is 857. The van der Waals surface area contributed by atoms with Gasteiger partial charge in [0.2, 0.25) is 5.91 Å². The SMILES string of the molecule is CS(=O)(=O)OCCC(CC(=O)Nc1ccccc1)c1ccc(F)c(F)c1. The van der Waals surface area contributed by atoms with Crippen molar-refractivity contribution in [2.24, 2.45) is 0 Å². The zero-order valence-electron chi connectivity index (χ0n) is 14.1. The van der Waals surface area contributed by atoms with E-state index >= 15 is 0 Å². The lowest BCUT2D eigenvalue weighted by Gasteiger charge is -2.17. The number of amides is 1. The molecule has 0 aromatic heterocycles. The molecule has 8 heteroatoms. The molecule has 0 aliphatic rings. The minimum Gasteiger partial charge on any atom is -0.326 e. The fraction of sp³-hybridized carbons (Fsp3) is 0.278. The molecular formula is C18H19F2NO4S. The van der Waals surface area contributed by atoms with Gasteiger partial charge in [-0.05, 0) is 42.2 Å².